The van der Waals surface area contributed by atoms with E-state index in [-0.39, 0.29) is 11.8 Å². The third kappa shape index (κ3) is 3.93. The van der Waals surface area contributed by atoms with E-state index in [4.69, 9.17) is 0 Å². The minimum Gasteiger partial charge on any atom is -0.356 e. The molecular weight excluding hydrogens is 368 g/mol. The Morgan fingerprint density at radius 3 is 2.83 bits per heavy atom. The van der Waals surface area contributed by atoms with E-state index in [0.29, 0.717) is 12.4 Å². The van der Waals surface area contributed by atoms with Gasteiger partial charge in [-0.2, -0.15) is 0 Å². The molecule has 1 aliphatic rings. The number of anilines is 2. The third-order valence-corrected chi connectivity index (χ3v) is 4.71. The van der Waals surface area contributed by atoms with Crippen molar-refractivity contribution in [3.63, 3.8) is 0 Å². The normalized spacial score (nSPS) is 17.6. The summed E-state index contributed by atoms with van der Waals surface area (Å²) in [5.74, 6) is 1.56. The Balaban J connectivity index is 1.68. The van der Waals surface area contributed by atoms with Crippen LogP contribution in [-0.4, -0.2) is 29.0 Å². The molecule has 1 amide bonds. The second kappa shape index (κ2) is 7.30. The molecule has 1 unspecified atom stereocenters. The number of nitrogens with zero attached hydrogens (tertiary/aromatic N) is 3. The summed E-state index contributed by atoms with van der Waals surface area (Å²) in [7, 11) is 0. The molecule has 126 valence electrons. The van der Waals surface area contributed by atoms with Crippen LogP contribution in [0, 0.1) is 19.8 Å². The molecule has 0 radical (unpaired) electrons. The van der Waals surface area contributed by atoms with Crippen molar-refractivity contribution in [2.45, 2.75) is 26.7 Å². The van der Waals surface area contributed by atoms with Gasteiger partial charge in [0.25, 0.3) is 0 Å². The highest BCUT2D eigenvalue weighted by atomic mass is 79.9. The first-order chi connectivity index (χ1) is 11.5. The first-order valence-electron chi connectivity index (χ1n) is 8.13. The molecule has 1 fully saturated rings. The zero-order chi connectivity index (χ0) is 17.1. The predicted molar refractivity (Wildman–Crippen MR) is 99.2 cm³/mol. The Hall–Kier alpha value is -1.95. The van der Waals surface area contributed by atoms with Gasteiger partial charge < -0.3 is 10.2 Å². The number of nitrogens with one attached hydrogen (secondary N) is 1. The molecule has 1 saturated heterocycles. The molecule has 0 bridgehead atoms. The number of aromatic nitrogens is 2. The maximum absolute atomic E-state index is 12.6. The Kier molecular flexibility index (Phi) is 5.14. The average molecular weight is 389 g/mol. The van der Waals surface area contributed by atoms with Crippen LogP contribution in [0.25, 0.3) is 0 Å². The maximum atomic E-state index is 12.6. The smallest absolute Gasteiger partial charge is 0.230 e. The van der Waals surface area contributed by atoms with Crippen molar-refractivity contribution in [1.29, 1.82) is 0 Å². The molecule has 0 aromatic carbocycles. The lowest BCUT2D eigenvalue weighted by atomic mass is 9.97. The van der Waals surface area contributed by atoms with E-state index in [1.54, 1.807) is 6.20 Å². The van der Waals surface area contributed by atoms with E-state index in [1.807, 2.05) is 32.2 Å². The third-order valence-electron chi connectivity index (χ3n) is 4.27. The number of aryl methyl sites for hydroxylation is 2. The fourth-order valence-corrected chi connectivity index (χ4v) is 3.46. The minimum absolute atomic E-state index is 0.0332. The molecule has 5 nitrogen and oxygen atoms in total. The van der Waals surface area contributed by atoms with Crippen molar-refractivity contribution in [1.82, 2.24) is 9.97 Å². The molecule has 3 rings (SSSR count). The van der Waals surface area contributed by atoms with Gasteiger partial charge in [0.15, 0.2) is 0 Å². The second-order valence-corrected chi connectivity index (χ2v) is 7.20. The fourth-order valence-electron chi connectivity index (χ4n) is 3.02. The molecule has 6 heteroatoms. The second-order valence-electron chi connectivity index (χ2n) is 6.29. The Bertz CT molecular complexity index is 732. The molecule has 0 spiro atoms. The highest BCUT2D eigenvalue weighted by Crippen LogP contribution is 2.26. The number of piperidine rings is 1. The van der Waals surface area contributed by atoms with Crippen LogP contribution in [0.4, 0.5) is 11.6 Å². The first-order valence-corrected chi connectivity index (χ1v) is 8.93. The number of amides is 1. The summed E-state index contributed by atoms with van der Waals surface area (Å²) in [5, 5.41) is 2.93. The van der Waals surface area contributed by atoms with Crippen LogP contribution in [0.1, 0.15) is 24.0 Å². The van der Waals surface area contributed by atoms with E-state index in [0.717, 1.165) is 40.8 Å². The van der Waals surface area contributed by atoms with Crippen molar-refractivity contribution in [3.05, 3.63) is 46.2 Å². The van der Waals surface area contributed by atoms with Crippen LogP contribution in [0.15, 0.2) is 35.1 Å². The summed E-state index contributed by atoms with van der Waals surface area (Å²) in [6.45, 7) is 5.65. The van der Waals surface area contributed by atoms with Gasteiger partial charge in [-0.3, -0.25) is 4.79 Å². The van der Waals surface area contributed by atoms with E-state index in [9.17, 15) is 4.79 Å². The summed E-state index contributed by atoms with van der Waals surface area (Å²) < 4.78 is 0.973. The van der Waals surface area contributed by atoms with Gasteiger partial charge in [0, 0.05) is 30.0 Å². The number of hydrogen-bond acceptors (Lipinski definition) is 4. The molecule has 1 atom stereocenters. The monoisotopic (exact) mass is 388 g/mol. The molecule has 0 saturated carbocycles. The van der Waals surface area contributed by atoms with Gasteiger partial charge in [0.05, 0.1) is 5.92 Å². The Morgan fingerprint density at radius 2 is 2.12 bits per heavy atom. The summed E-state index contributed by atoms with van der Waals surface area (Å²) in [5.41, 5.74) is 2.19. The average Bonchev–Trinajstić information content (AvgIpc) is 2.57. The van der Waals surface area contributed by atoms with E-state index in [2.05, 4.69) is 42.2 Å². The summed E-state index contributed by atoms with van der Waals surface area (Å²) in [4.78, 5) is 23.5. The van der Waals surface area contributed by atoms with Gasteiger partial charge in [-0.1, -0.05) is 6.07 Å². The number of pyridine rings is 2. The van der Waals surface area contributed by atoms with Crippen molar-refractivity contribution < 1.29 is 4.79 Å². The van der Waals surface area contributed by atoms with Crippen molar-refractivity contribution in [2.24, 2.45) is 5.92 Å². The van der Waals surface area contributed by atoms with Crippen LogP contribution in [0.3, 0.4) is 0 Å². The molecule has 2 aromatic heterocycles. The molecular formula is C18H21BrN4O. The largest absolute Gasteiger partial charge is 0.356 e. The molecule has 0 aliphatic carbocycles. The van der Waals surface area contributed by atoms with E-state index in [1.165, 1.54) is 0 Å². The standard InChI is InChI=1S/C18H21BrN4O/c1-12-5-6-16(20-9-12)22-18(24)14-4-3-7-23(11-14)17-13(2)8-15(19)10-21-17/h5-6,8-10,14H,3-4,7,11H2,1-2H3,(H,20,22,24). The van der Waals surface area contributed by atoms with Gasteiger partial charge >= 0.3 is 0 Å². The van der Waals surface area contributed by atoms with Gasteiger partial charge in [-0.25, -0.2) is 9.97 Å². The number of carbonyl (C=O) groups excluding carboxylic acids is 1. The van der Waals surface area contributed by atoms with Gasteiger partial charge in [0.1, 0.15) is 11.6 Å². The van der Waals surface area contributed by atoms with Gasteiger partial charge in [-0.15, -0.1) is 0 Å². The Labute approximate surface area is 150 Å². The van der Waals surface area contributed by atoms with E-state index >= 15 is 0 Å². The highest BCUT2D eigenvalue weighted by Gasteiger charge is 2.27. The molecule has 1 aliphatic heterocycles. The Morgan fingerprint density at radius 1 is 1.29 bits per heavy atom. The lowest BCUT2D eigenvalue weighted by molar-refractivity contribution is -0.120. The number of hydrogen-bond donors (Lipinski definition) is 1. The fraction of sp³-hybridized carbons (Fsp3) is 0.389. The summed E-state index contributed by atoms with van der Waals surface area (Å²) in [6.07, 6.45) is 5.44. The van der Waals surface area contributed by atoms with Crippen LogP contribution in [-0.2, 0) is 4.79 Å². The molecule has 2 aromatic rings. The number of rotatable bonds is 3. The summed E-state index contributed by atoms with van der Waals surface area (Å²) >= 11 is 3.45. The number of halogens is 1. The van der Waals surface area contributed by atoms with Crippen LogP contribution in [0.2, 0.25) is 0 Å². The van der Waals surface area contributed by atoms with Crippen LogP contribution in [0.5, 0.6) is 0 Å². The first kappa shape index (κ1) is 16.9. The summed E-state index contributed by atoms with van der Waals surface area (Å²) in [6, 6.07) is 5.85. The van der Waals surface area contributed by atoms with E-state index < -0.39 is 0 Å². The lowest BCUT2D eigenvalue weighted by Gasteiger charge is -2.33. The SMILES string of the molecule is Cc1ccc(NC(=O)C2CCCN(c3ncc(Br)cc3C)C2)nc1. The zero-order valence-electron chi connectivity index (χ0n) is 13.9. The van der Waals surface area contributed by atoms with Crippen molar-refractivity contribution in [3.8, 4) is 0 Å². The zero-order valence-corrected chi connectivity index (χ0v) is 15.5. The molecule has 1 N–H and O–H groups in total. The maximum Gasteiger partial charge on any atom is 0.230 e. The quantitative estimate of drug-likeness (QED) is 0.870. The van der Waals surface area contributed by atoms with Crippen LogP contribution < -0.4 is 10.2 Å². The van der Waals surface area contributed by atoms with Crippen LogP contribution >= 0.6 is 15.9 Å². The van der Waals surface area contributed by atoms with Gasteiger partial charge in [0.2, 0.25) is 5.91 Å². The minimum atomic E-state index is -0.0494. The van der Waals surface area contributed by atoms with Gasteiger partial charge in [-0.05, 0) is 65.9 Å². The van der Waals surface area contributed by atoms with Crippen molar-refractivity contribution in [2.75, 3.05) is 23.3 Å². The van der Waals surface area contributed by atoms with Crippen molar-refractivity contribution >= 4 is 33.5 Å². The molecule has 3 heterocycles. The topological polar surface area (TPSA) is 58.1 Å². The lowest BCUT2D eigenvalue weighted by Crippen LogP contribution is -2.41. The molecule has 24 heavy (non-hydrogen) atoms. The predicted octanol–water partition coefficient (Wildman–Crippen LogP) is 3.71. The highest BCUT2D eigenvalue weighted by molar-refractivity contribution is 9.10. The number of carbonyl (C=O) groups is 1.